The van der Waals surface area contributed by atoms with Crippen molar-refractivity contribution in [2.75, 3.05) is 5.32 Å². The highest BCUT2D eigenvalue weighted by atomic mass is 32.1. The van der Waals surface area contributed by atoms with Crippen molar-refractivity contribution in [3.63, 3.8) is 0 Å². The summed E-state index contributed by atoms with van der Waals surface area (Å²) in [7, 11) is 0. The van der Waals surface area contributed by atoms with Gasteiger partial charge in [-0.1, -0.05) is 0 Å². The molecule has 1 saturated carbocycles. The molecule has 104 valence electrons. The Labute approximate surface area is 119 Å². The molecule has 1 atom stereocenters. The van der Waals surface area contributed by atoms with Gasteiger partial charge in [0.2, 0.25) is 0 Å². The van der Waals surface area contributed by atoms with Crippen LogP contribution in [0.5, 0.6) is 0 Å². The van der Waals surface area contributed by atoms with Gasteiger partial charge in [-0.25, -0.2) is 9.67 Å². The molecule has 20 heavy (non-hydrogen) atoms. The Balaban J connectivity index is 1.82. The fraction of sp³-hybridized carbons (Fsp3) is 0.385. The van der Waals surface area contributed by atoms with Crippen LogP contribution in [0.15, 0.2) is 28.5 Å². The highest BCUT2D eigenvalue weighted by Crippen LogP contribution is 2.38. The number of amides is 1. The van der Waals surface area contributed by atoms with Gasteiger partial charge in [-0.15, -0.1) is 11.3 Å². The van der Waals surface area contributed by atoms with Crippen molar-refractivity contribution in [2.24, 2.45) is 0 Å². The summed E-state index contributed by atoms with van der Waals surface area (Å²) in [4.78, 5) is 28.0. The number of nitrogens with zero attached hydrogens (tertiary/aromatic N) is 3. The van der Waals surface area contributed by atoms with Crippen molar-refractivity contribution in [2.45, 2.75) is 31.7 Å². The fourth-order valence-corrected chi connectivity index (χ4v) is 2.45. The minimum absolute atomic E-state index is 0.267. The van der Waals surface area contributed by atoms with E-state index >= 15 is 0 Å². The molecule has 0 bridgehead atoms. The smallest absolute Gasteiger partial charge is 0.267 e. The Bertz CT molecular complexity index is 676. The average Bonchev–Trinajstić information content (AvgIpc) is 3.17. The van der Waals surface area contributed by atoms with Crippen molar-refractivity contribution < 1.29 is 4.79 Å². The lowest BCUT2D eigenvalue weighted by atomic mass is 10.2. The molecule has 0 radical (unpaired) electrons. The first-order valence-corrected chi connectivity index (χ1v) is 7.33. The van der Waals surface area contributed by atoms with Crippen LogP contribution in [0.25, 0.3) is 0 Å². The van der Waals surface area contributed by atoms with E-state index in [2.05, 4.69) is 15.4 Å². The molecule has 0 unspecified atom stereocenters. The van der Waals surface area contributed by atoms with Crippen LogP contribution in [0.3, 0.4) is 0 Å². The summed E-state index contributed by atoms with van der Waals surface area (Å²) < 4.78 is 1.25. The number of rotatable bonds is 4. The molecule has 1 amide bonds. The molecule has 2 aromatic heterocycles. The molecule has 1 aliphatic rings. The van der Waals surface area contributed by atoms with E-state index in [9.17, 15) is 9.59 Å². The van der Waals surface area contributed by atoms with Crippen molar-refractivity contribution in [1.29, 1.82) is 0 Å². The minimum Gasteiger partial charge on any atom is -0.300 e. The van der Waals surface area contributed by atoms with E-state index in [0.717, 1.165) is 18.5 Å². The maximum Gasteiger partial charge on any atom is 0.267 e. The van der Waals surface area contributed by atoms with Crippen LogP contribution in [0.4, 0.5) is 5.13 Å². The Kier molecular flexibility index (Phi) is 3.35. The van der Waals surface area contributed by atoms with E-state index in [0.29, 0.717) is 11.0 Å². The Morgan fingerprint density at radius 1 is 1.50 bits per heavy atom. The van der Waals surface area contributed by atoms with Gasteiger partial charge in [0.25, 0.3) is 11.5 Å². The van der Waals surface area contributed by atoms with Crippen LogP contribution >= 0.6 is 11.3 Å². The van der Waals surface area contributed by atoms with Gasteiger partial charge in [-0.2, -0.15) is 5.10 Å². The fourth-order valence-electron chi connectivity index (χ4n) is 1.92. The highest BCUT2D eigenvalue weighted by molar-refractivity contribution is 7.13. The third-order valence-corrected chi connectivity index (χ3v) is 3.94. The van der Waals surface area contributed by atoms with E-state index in [1.807, 2.05) is 0 Å². The number of hydrogen-bond acceptors (Lipinski definition) is 5. The molecular weight excluding hydrogens is 276 g/mol. The average molecular weight is 290 g/mol. The van der Waals surface area contributed by atoms with E-state index in [1.165, 1.54) is 22.1 Å². The Hall–Kier alpha value is -2.02. The molecule has 0 saturated heterocycles. The Morgan fingerprint density at radius 3 is 2.95 bits per heavy atom. The predicted molar refractivity (Wildman–Crippen MR) is 75.9 cm³/mol. The summed E-state index contributed by atoms with van der Waals surface area (Å²) in [5, 5.41) is 9.29. The molecule has 2 heterocycles. The van der Waals surface area contributed by atoms with Gasteiger partial charge >= 0.3 is 0 Å². The molecule has 7 heteroatoms. The molecule has 0 aliphatic heterocycles. The lowest BCUT2D eigenvalue weighted by Gasteiger charge is -2.13. The largest absolute Gasteiger partial charge is 0.300 e. The summed E-state index contributed by atoms with van der Waals surface area (Å²) >= 11 is 1.34. The number of hydrogen-bond donors (Lipinski definition) is 1. The molecule has 0 spiro atoms. The maximum atomic E-state index is 12.1. The van der Waals surface area contributed by atoms with Gasteiger partial charge < -0.3 is 5.32 Å². The molecule has 1 N–H and O–H groups in total. The van der Waals surface area contributed by atoms with Crippen molar-refractivity contribution in [3.05, 3.63) is 39.8 Å². The SMILES string of the molecule is C[C@@H](C(=O)Nc1nccs1)n1nc(C2CC2)ccc1=O. The highest BCUT2D eigenvalue weighted by Gasteiger charge is 2.27. The normalized spacial score (nSPS) is 15.8. The number of thiazole rings is 1. The van der Waals surface area contributed by atoms with E-state index < -0.39 is 6.04 Å². The first-order valence-electron chi connectivity index (χ1n) is 6.45. The summed E-state index contributed by atoms with van der Waals surface area (Å²) in [5.41, 5.74) is 0.620. The zero-order chi connectivity index (χ0) is 14.1. The monoisotopic (exact) mass is 290 g/mol. The quantitative estimate of drug-likeness (QED) is 0.931. The first-order chi connectivity index (χ1) is 9.65. The number of nitrogens with one attached hydrogen (secondary N) is 1. The van der Waals surface area contributed by atoms with Crippen LogP contribution in [-0.4, -0.2) is 20.7 Å². The summed E-state index contributed by atoms with van der Waals surface area (Å²) in [6.07, 6.45) is 3.82. The molecular formula is C13H14N4O2S. The zero-order valence-electron chi connectivity index (χ0n) is 10.9. The number of carbonyl (C=O) groups is 1. The van der Waals surface area contributed by atoms with Crippen molar-refractivity contribution >= 4 is 22.4 Å². The van der Waals surface area contributed by atoms with Crippen LogP contribution in [0.1, 0.15) is 37.4 Å². The van der Waals surface area contributed by atoms with Crippen LogP contribution in [0, 0.1) is 0 Å². The van der Waals surface area contributed by atoms with Gasteiger partial charge in [0, 0.05) is 23.6 Å². The molecule has 2 aromatic rings. The van der Waals surface area contributed by atoms with Crippen LogP contribution < -0.4 is 10.9 Å². The van der Waals surface area contributed by atoms with Gasteiger partial charge in [-0.3, -0.25) is 9.59 Å². The summed E-state index contributed by atoms with van der Waals surface area (Å²) in [6, 6.07) is 2.57. The van der Waals surface area contributed by atoms with E-state index in [4.69, 9.17) is 0 Å². The summed E-state index contributed by atoms with van der Waals surface area (Å²) in [6.45, 7) is 1.66. The van der Waals surface area contributed by atoms with Gasteiger partial charge in [-0.05, 0) is 25.8 Å². The van der Waals surface area contributed by atoms with E-state index in [-0.39, 0.29) is 11.5 Å². The number of anilines is 1. The first kappa shape index (κ1) is 13.0. The van der Waals surface area contributed by atoms with Crippen molar-refractivity contribution in [1.82, 2.24) is 14.8 Å². The van der Waals surface area contributed by atoms with Crippen molar-refractivity contribution in [3.8, 4) is 0 Å². The van der Waals surface area contributed by atoms with Gasteiger partial charge in [0.15, 0.2) is 5.13 Å². The van der Waals surface area contributed by atoms with Crippen LogP contribution in [0.2, 0.25) is 0 Å². The second-order valence-electron chi connectivity index (χ2n) is 4.82. The van der Waals surface area contributed by atoms with E-state index in [1.54, 1.807) is 24.6 Å². The van der Waals surface area contributed by atoms with Gasteiger partial charge in [0.1, 0.15) is 6.04 Å². The summed E-state index contributed by atoms with van der Waals surface area (Å²) in [5.74, 6) is 0.151. The standard InChI is InChI=1S/C13H14N4O2S/c1-8(12(19)15-13-14-6-7-20-13)17-11(18)5-4-10(16-17)9-2-3-9/h4-9H,2-3H2,1H3,(H,14,15,19)/t8-/m0/s1. The van der Waals surface area contributed by atoms with Crippen LogP contribution in [-0.2, 0) is 4.79 Å². The predicted octanol–water partition coefficient (Wildman–Crippen LogP) is 1.78. The molecule has 0 aromatic carbocycles. The Morgan fingerprint density at radius 2 is 2.30 bits per heavy atom. The second kappa shape index (κ2) is 5.16. The molecule has 3 rings (SSSR count). The lowest BCUT2D eigenvalue weighted by Crippen LogP contribution is -2.33. The molecule has 6 nitrogen and oxygen atoms in total. The molecule has 1 fully saturated rings. The zero-order valence-corrected chi connectivity index (χ0v) is 11.8. The molecule has 1 aliphatic carbocycles. The number of aromatic nitrogens is 3. The third kappa shape index (κ3) is 2.62. The topological polar surface area (TPSA) is 76.9 Å². The maximum absolute atomic E-state index is 12.1. The third-order valence-electron chi connectivity index (χ3n) is 3.25. The minimum atomic E-state index is -0.662. The lowest BCUT2D eigenvalue weighted by molar-refractivity contribution is -0.119. The second-order valence-corrected chi connectivity index (χ2v) is 5.71. The van der Waals surface area contributed by atoms with Gasteiger partial charge in [0.05, 0.1) is 5.69 Å². The number of carbonyl (C=O) groups excluding carboxylic acids is 1.